The van der Waals surface area contributed by atoms with Gasteiger partial charge >= 0.3 is 0 Å². The van der Waals surface area contributed by atoms with Crippen LogP contribution in [0.15, 0.2) is 43.1 Å². The molecule has 6 heteroatoms. The lowest BCUT2D eigenvalue weighted by atomic mass is 10.0. The Balaban J connectivity index is 1.60. The number of aromatic nitrogens is 4. The summed E-state index contributed by atoms with van der Waals surface area (Å²) in [6, 6.07) is 8.53. The zero-order valence-electron chi connectivity index (χ0n) is 13.5. The molecule has 1 atom stereocenters. The van der Waals surface area contributed by atoms with Crippen LogP contribution in [0.2, 0.25) is 5.02 Å². The van der Waals surface area contributed by atoms with E-state index in [0.29, 0.717) is 6.04 Å². The summed E-state index contributed by atoms with van der Waals surface area (Å²) in [5.74, 6) is 0. The average molecular weight is 342 g/mol. The van der Waals surface area contributed by atoms with E-state index in [2.05, 4.69) is 32.1 Å². The summed E-state index contributed by atoms with van der Waals surface area (Å²) in [7, 11) is 0. The van der Waals surface area contributed by atoms with Gasteiger partial charge in [-0.05, 0) is 43.1 Å². The van der Waals surface area contributed by atoms with Crippen molar-refractivity contribution in [2.75, 3.05) is 6.54 Å². The van der Waals surface area contributed by atoms with E-state index >= 15 is 0 Å². The molecule has 0 amide bonds. The van der Waals surface area contributed by atoms with Gasteiger partial charge in [0.15, 0.2) is 0 Å². The average Bonchev–Trinajstić information content (AvgIpc) is 3.09. The summed E-state index contributed by atoms with van der Waals surface area (Å²) in [6.45, 7) is 2.85. The lowest BCUT2D eigenvalue weighted by Crippen LogP contribution is -2.41. The summed E-state index contributed by atoms with van der Waals surface area (Å²) in [5, 5.41) is 6.14. The van der Waals surface area contributed by atoms with E-state index < -0.39 is 0 Å². The maximum Gasteiger partial charge on any atom is 0.137 e. The van der Waals surface area contributed by atoms with Crippen LogP contribution in [0.3, 0.4) is 0 Å². The van der Waals surface area contributed by atoms with Crippen molar-refractivity contribution in [3.63, 3.8) is 0 Å². The molecular formula is C18H20ClN5. The predicted molar refractivity (Wildman–Crippen MR) is 94.8 cm³/mol. The van der Waals surface area contributed by atoms with Gasteiger partial charge in [0.2, 0.25) is 0 Å². The second-order valence-electron chi connectivity index (χ2n) is 6.38. The number of halogens is 1. The molecule has 1 saturated heterocycles. The van der Waals surface area contributed by atoms with Gasteiger partial charge in [-0.25, -0.2) is 4.98 Å². The number of fused-ring (bicyclic) bond motifs is 1. The zero-order valence-corrected chi connectivity index (χ0v) is 14.2. The molecule has 1 aliphatic rings. The van der Waals surface area contributed by atoms with Crippen molar-refractivity contribution < 1.29 is 0 Å². The first kappa shape index (κ1) is 15.5. The second-order valence-corrected chi connectivity index (χ2v) is 6.81. The molecule has 5 nitrogen and oxygen atoms in total. The third kappa shape index (κ3) is 3.28. The van der Waals surface area contributed by atoms with Gasteiger partial charge in [0.05, 0.1) is 12.1 Å². The lowest BCUT2D eigenvalue weighted by molar-refractivity contribution is 0.122. The van der Waals surface area contributed by atoms with Crippen molar-refractivity contribution in [3.05, 3.63) is 53.7 Å². The van der Waals surface area contributed by atoms with E-state index in [-0.39, 0.29) is 0 Å². The number of benzene rings is 1. The number of nitrogens with zero attached hydrogens (tertiary/aromatic N) is 5. The molecule has 24 heavy (non-hydrogen) atoms. The van der Waals surface area contributed by atoms with Crippen LogP contribution < -0.4 is 0 Å². The lowest BCUT2D eigenvalue weighted by Gasteiger charge is -2.35. The monoisotopic (exact) mass is 341 g/mol. The normalized spacial score (nSPS) is 19.0. The van der Waals surface area contributed by atoms with Gasteiger partial charge in [-0.1, -0.05) is 24.1 Å². The highest BCUT2D eigenvalue weighted by atomic mass is 35.5. The predicted octanol–water partition coefficient (Wildman–Crippen LogP) is 3.53. The van der Waals surface area contributed by atoms with Crippen LogP contribution in [0, 0.1) is 0 Å². The quantitative estimate of drug-likeness (QED) is 0.728. The maximum atomic E-state index is 6.32. The molecule has 1 aliphatic heterocycles. The largest absolute Gasteiger partial charge is 0.294 e. The van der Waals surface area contributed by atoms with Crippen molar-refractivity contribution >= 4 is 22.5 Å². The van der Waals surface area contributed by atoms with Crippen LogP contribution in [0.1, 0.15) is 24.8 Å². The highest BCUT2D eigenvalue weighted by Crippen LogP contribution is 2.26. The van der Waals surface area contributed by atoms with E-state index in [9.17, 15) is 0 Å². The third-order valence-corrected chi connectivity index (χ3v) is 4.95. The Hall–Kier alpha value is -1.98. The SMILES string of the molecule is Clc1cc(CN2CCCC[C@@H]2Cn2cncn2)c2ncccc2c1. The fourth-order valence-corrected chi connectivity index (χ4v) is 3.83. The van der Waals surface area contributed by atoms with Crippen molar-refractivity contribution in [2.24, 2.45) is 0 Å². The van der Waals surface area contributed by atoms with Gasteiger partial charge in [0, 0.05) is 29.2 Å². The second kappa shape index (κ2) is 6.87. The van der Waals surface area contributed by atoms with Gasteiger partial charge in [-0.2, -0.15) is 5.10 Å². The molecule has 3 heterocycles. The Labute approximate surface area is 146 Å². The summed E-state index contributed by atoms with van der Waals surface area (Å²) < 4.78 is 1.93. The minimum absolute atomic E-state index is 0.471. The van der Waals surface area contributed by atoms with Gasteiger partial charge in [0.25, 0.3) is 0 Å². The fraction of sp³-hybridized carbons (Fsp3) is 0.389. The minimum atomic E-state index is 0.471. The Morgan fingerprint density at radius 1 is 1.25 bits per heavy atom. The number of likely N-dealkylation sites (tertiary alicyclic amines) is 1. The molecule has 1 aromatic carbocycles. The molecular weight excluding hydrogens is 322 g/mol. The molecule has 0 N–H and O–H groups in total. The molecule has 3 aromatic rings. The molecule has 0 spiro atoms. The third-order valence-electron chi connectivity index (χ3n) is 4.74. The number of rotatable bonds is 4. The van der Waals surface area contributed by atoms with Gasteiger partial charge < -0.3 is 0 Å². The molecule has 124 valence electrons. The standard InChI is InChI=1S/C18H20ClN5/c19-16-8-14-4-3-6-21-18(14)15(9-16)10-23-7-2-1-5-17(23)11-24-13-20-12-22-24/h3-4,6,8-9,12-13,17H,1-2,5,7,10-11H2/t17-/m1/s1. The Morgan fingerprint density at radius 2 is 2.21 bits per heavy atom. The van der Waals surface area contributed by atoms with Crippen molar-refractivity contribution in [3.8, 4) is 0 Å². The molecule has 2 aromatic heterocycles. The summed E-state index contributed by atoms with van der Waals surface area (Å²) in [5.41, 5.74) is 2.25. The number of hydrogen-bond acceptors (Lipinski definition) is 4. The molecule has 0 saturated carbocycles. The first-order valence-corrected chi connectivity index (χ1v) is 8.77. The first-order chi connectivity index (χ1) is 11.8. The van der Waals surface area contributed by atoms with Gasteiger partial charge in [-0.3, -0.25) is 14.6 Å². The van der Waals surface area contributed by atoms with Crippen molar-refractivity contribution in [1.29, 1.82) is 0 Å². The molecule has 0 radical (unpaired) electrons. The first-order valence-electron chi connectivity index (χ1n) is 8.39. The van der Waals surface area contributed by atoms with Crippen LogP contribution in [0.25, 0.3) is 10.9 Å². The molecule has 0 unspecified atom stereocenters. The van der Waals surface area contributed by atoms with E-state index in [1.165, 1.54) is 24.8 Å². The van der Waals surface area contributed by atoms with E-state index in [4.69, 9.17) is 11.6 Å². The Kier molecular flexibility index (Phi) is 4.45. The van der Waals surface area contributed by atoms with Crippen LogP contribution >= 0.6 is 11.6 Å². The number of pyridine rings is 1. The van der Waals surface area contributed by atoms with E-state index in [0.717, 1.165) is 35.6 Å². The van der Waals surface area contributed by atoms with Gasteiger partial charge in [0.1, 0.15) is 12.7 Å². The van der Waals surface area contributed by atoms with Crippen LogP contribution in [0.4, 0.5) is 0 Å². The molecule has 0 bridgehead atoms. The van der Waals surface area contributed by atoms with Gasteiger partial charge in [-0.15, -0.1) is 0 Å². The van der Waals surface area contributed by atoms with Crippen LogP contribution in [0.5, 0.6) is 0 Å². The zero-order chi connectivity index (χ0) is 16.4. The molecule has 1 fully saturated rings. The van der Waals surface area contributed by atoms with Crippen LogP contribution in [-0.2, 0) is 13.1 Å². The maximum absolute atomic E-state index is 6.32. The fourth-order valence-electron chi connectivity index (χ4n) is 3.58. The summed E-state index contributed by atoms with van der Waals surface area (Å²) in [6.07, 6.45) is 8.93. The Bertz CT molecular complexity index is 817. The molecule has 0 aliphatic carbocycles. The topological polar surface area (TPSA) is 46.8 Å². The molecule has 4 rings (SSSR count). The number of piperidine rings is 1. The number of hydrogen-bond donors (Lipinski definition) is 0. The Morgan fingerprint density at radius 3 is 3.08 bits per heavy atom. The summed E-state index contributed by atoms with van der Waals surface area (Å²) >= 11 is 6.32. The van der Waals surface area contributed by atoms with Crippen LogP contribution in [-0.4, -0.2) is 37.2 Å². The smallest absolute Gasteiger partial charge is 0.137 e. The van der Waals surface area contributed by atoms with Crippen molar-refractivity contribution in [1.82, 2.24) is 24.6 Å². The highest BCUT2D eigenvalue weighted by Gasteiger charge is 2.24. The van der Waals surface area contributed by atoms with E-state index in [1.54, 1.807) is 12.7 Å². The summed E-state index contributed by atoms with van der Waals surface area (Å²) in [4.78, 5) is 11.2. The van der Waals surface area contributed by atoms with E-state index in [1.807, 2.05) is 23.0 Å². The minimum Gasteiger partial charge on any atom is -0.294 e. The van der Waals surface area contributed by atoms with Crippen molar-refractivity contribution in [2.45, 2.75) is 38.4 Å². The highest BCUT2D eigenvalue weighted by molar-refractivity contribution is 6.31.